The molecule has 0 aromatic heterocycles. The van der Waals surface area contributed by atoms with Crippen LogP contribution in [0.1, 0.15) is 43.2 Å². The number of carbonyl (C=O) groups excluding carboxylic acids is 1. The number of aliphatic carboxylic acids is 1. The first-order valence-electron chi connectivity index (χ1n) is 15.2. The smallest absolute Gasteiger partial charge is 0.308 e. The second-order valence-corrected chi connectivity index (χ2v) is 12.5. The van der Waals surface area contributed by atoms with Gasteiger partial charge < -0.3 is 33.4 Å². The van der Waals surface area contributed by atoms with Crippen molar-refractivity contribution in [3.8, 4) is 23.0 Å². The van der Waals surface area contributed by atoms with Crippen molar-refractivity contribution in [2.24, 2.45) is 5.92 Å². The number of para-hydroxylation sites is 1. The van der Waals surface area contributed by atoms with Crippen LogP contribution in [0.5, 0.6) is 23.0 Å². The van der Waals surface area contributed by atoms with Gasteiger partial charge in [-0.3, -0.25) is 14.5 Å². The van der Waals surface area contributed by atoms with E-state index in [1.54, 1.807) is 14.2 Å². The number of carbonyl (C=O) groups is 2. The van der Waals surface area contributed by atoms with Crippen molar-refractivity contribution in [2.75, 3.05) is 74.9 Å². The quantitative estimate of drug-likeness (QED) is 0.309. The van der Waals surface area contributed by atoms with Crippen LogP contribution in [-0.4, -0.2) is 112 Å². The van der Waals surface area contributed by atoms with Crippen LogP contribution in [0, 0.1) is 5.92 Å². The molecule has 0 bridgehead atoms. The Labute approximate surface area is 255 Å². The van der Waals surface area contributed by atoms with Crippen LogP contribution in [0.2, 0.25) is 0 Å². The molecule has 0 aliphatic carbocycles. The van der Waals surface area contributed by atoms with Gasteiger partial charge >= 0.3 is 5.97 Å². The normalized spacial score (nSPS) is 19.8. The van der Waals surface area contributed by atoms with E-state index in [0.717, 1.165) is 41.4 Å². The number of benzene rings is 2. The van der Waals surface area contributed by atoms with E-state index >= 15 is 0 Å². The Kier molecular flexibility index (Phi) is 10.8. The standard InChI is InChI=1S/C33H47N3O7/c1-7-8-14-34(15-11-16-36(2,3)4)30(37)21-35-20-25(24-18-28(41-6)32-29(19-24)42-22-43-32)31(33(38)39)26(35)17-23-12-9-10-13-27(23)40-5/h9-10,12-13,18-19,25-26,31H,7-8,11,14-17,20-22H2,1-6H3/p+1/t25-,26+,31?/m1/s1. The Morgan fingerprint density at radius 3 is 2.44 bits per heavy atom. The molecule has 0 spiro atoms. The van der Waals surface area contributed by atoms with Crippen LogP contribution < -0.4 is 18.9 Å². The molecule has 1 amide bonds. The predicted molar refractivity (Wildman–Crippen MR) is 164 cm³/mol. The second kappa shape index (κ2) is 14.3. The van der Waals surface area contributed by atoms with Crippen molar-refractivity contribution in [1.29, 1.82) is 0 Å². The summed E-state index contributed by atoms with van der Waals surface area (Å²) in [5.74, 6) is 0.242. The third-order valence-electron chi connectivity index (χ3n) is 8.49. The first-order valence-corrected chi connectivity index (χ1v) is 15.2. The molecule has 0 radical (unpaired) electrons. The number of rotatable bonds is 15. The summed E-state index contributed by atoms with van der Waals surface area (Å²) in [5, 5.41) is 10.7. The minimum atomic E-state index is -0.901. The molecular weight excluding hydrogens is 550 g/mol. The van der Waals surface area contributed by atoms with Crippen molar-refractivity contribution < 1.29 is 38.1 Å². The zero-order chi connectivity index (χ0) is 31.1. The van der Waals surface area contributed by atoms with Gasteiger partial charge in [-0.25, -0.2) is 0 Å². The third kappa shape index (κ3) is 7.92. The number of carboxylic acid groups (broad SMARTS) is 1. The Morgan fingerprint density at radius 2 is 1.77 bits per heavy atom. The second-order valence-electron chi connectivity index (χ2n) is 12.5. The minimum absolute atomic E-state index is 0.0351. The van der Waals surface area contributed by atoms with Crippen LogP contribution in [0.15, 0.2) is 36.4 Å². The van der Waals surface area contributed by atoms with Crippen molar-refractivity contribution in [3.63, 3.8) is 0 Å². The van der Waals surface area contributed by atoms with Crippen LogP contribution >= 0.6 is 0 Å². The fourth-order valence-electron chi connectivity index (χ4n) is 6.26. The highest BCUT2D eigenvalue weighted by Crippen LogP contribution is 2.47. The maximum Gasteiger partial charge on any atom is 0.308 e. The number of unbranched alkanes of at least 4 members (excludes halogenated alkanes) is 1. The summed E-state index contributed by atoms with van der Waals surface area (Å²) in [5.41, 5.74) is 1.70. The van der Waals surface area contributed by atoms with Gasteiger partial charge in [0.25, 0.3) is 0 Å². The molecule has 2 heterocycles. The number of ether oxygens (including phenoxy) is 4. The molecule has 3 atom stereocenters. The van der Waals surface area contributed by atoms with Crippen LogP contribution in [-0.2, 0) is 16.0 Å². The van der Waals surface area contributed by atoms with E-state index in [1.807, 2.05) is 41.3 Å². The van der Waals surface area contributed by atoms with Gasteiger partial charge in [0.1, 0.15) is 5.75 Å². The SMILES string of the molecule is CCCCN(CCC[N+](C)(C)C)C(=O)CN1C[C@H](c2cc(OC)c3c(c2)OCO3)C(C(=O)O)[C@@H]1Cc1ccccc1OC. The minimum Gasteiger partial charge on any atom is -0.496 e. The number of hydrogen-bond acceptors (Lipinski definition) is 7. The van der Waals surface area contributed by atoms with E-state index in [-0.39, 0.29) is 19.2 Å². The zero-order valence-electron chi connectivity index (χ0n) is 26.5. The molecule has 2 aliphatic rings. The Hall–Kier alpha value is -3.50. The number of carboxylic acids is 1. The van der Waals surface area contributed by atoms with Gasteiger partial charge in [-0.15, -0.1) is 0 Å². The summed E-state index contributed by atoms with van der Waals surface area (Å²) in [7, 11) is 9.64. The lowest BCUT2D eigenvalue weighted by Crippen LogP contribution is -2.46. The number of methoxy groups -OCH3 is 2. The monoisotopic (exact) mass is 598 g/mol. The van der Waals surface area contributed by atoms with Gasteiger partial charge in [0.2, 0.25) is 18.4 Å². The molecule has 1 unspecified atom stereocenters. The molecule has 2 aromatic rings. The summed E-state index contributed by atoms with van der Waals surface area (Å²) in [4.78, 5) is 31.0. The zero-order valence-corrected chi connectivity index (χ0v) is 26.5. The molecule has 10 heteroatoms. The Bertz CT molecular complexity index is 1260. The highest BCUT2D eigenvalue weighted by atomic mass is 16.7. The van der Waals surface area contributed by atoms with E-state index in [1.165, 1.54) is 0 Å². The fourth-order valence-corrected chi connectivity index (χ4v) is 6.26. The summed E-state index contributed by atoms with van der Waals surface area (Å²) < 4.78 is 23.3. The molecule has 0 saturated carbocycles. The van der Waals surface area contributed by atoms with Crippen molar-refractivity contribution in [1.82, 2.24) is 9.80 Å². The summed E-state index contributed by atoms with van der Waals surface area (Å²) in [6.07, 6.45) is 3.26. The third-order valence-corrected chi connectivity index (χ3v) is 8.49. The first kappa shape index (κ1) is 32.4. The maximum atomic E-state index is 13.9. The van der Waals surface area contributed by atoms with E-state index in [2.05, 4.69) is 33.0 Å². The van der Waals surface area contributed by atoms with E-state index in [0.29, 0.717) is 49.1 Å². The lowest BCUT2D eigenvalue weighted by Gasteiger charge is -2.31. The summed E-state index contributed by atoms with van der Waals surface area (Å²) >= 11 is 0. The number of hydrogen-bond donors (Lipinski definition) is 1. The molecule has 236 valence electrons. The fraction of sp³-hybridized carbons (Fsp3) is 0.576. The summed E-state index contributed by atoms with van der Waals surface area (Å²) in [6.45, 7) is 5.11. The van der Waals surface area contributed by atoms with Crippen LogP contribution in [0.4, 0.5) is 0 Å². The summed E-state index contributed by atoms with van der Waals surface area (Å²) in [6, 6.07) is 10.9. The van der Waals surface area contributed by atoms with E-state index in [9.17, 15) is 14.7 Å². The molecule has 1 fully saturated rings. The molecule has 2 aromatic carbocycles. The molecule has 10 nitrogen and oxygen atoms in total. The van der Waals surface area contributed by atoms with Gasteiger partial charge in [0.15, 0.2) is 11.5 Å². The van der Waals surface area contributed by atoms with Gasteiger partial charge in [-0.2, -0.15) is 0 Å². The van der Waals surface area contributed by atoms with Crippen LogP contribution in [0.3, 0.4) is 0 Å². The lowest BCUT2D eigenvalue weighted by molar-refractivity contribution is -0.870. The van der Waals surface area contributed by atoms with Gasteiger partial charge in [0, 0.05) is 38.0 Å². The van der Waals surface area contributed by atoms with Crippen molar-refractivity contribution in [3.05, 3.63) is 47.5 Å². The van der Waals surface area contributed by atoms with Gasteiger partial charge in [-0.1, -0.05) is 31.5 Å². The first-order chi connectivity index (χ1) is 20.6. The number of amides is 1. The van der Waals surface area contributed by atoms with Gasteiger partial charge in [-0.05, 0) is 42.2 Å². The highest BCUT2D eigenvalue weighted by Gasteiger charge is 2.48. The largest absolute Gasteiger partial charge is 0.496 e. The lowest BCUT2D eigenvalue weighted by atomic mass is 9.83. The van der Waals surface area contributed by atoms with E-state index < -0.39 is 23.8 Å². The molecule has 1 saturated heterocycles. The van der Waals surface area contributed by atoms with Crippen molar-refractivity contribution in [2.45, 2.75) is 44.6 Å². The highest BCUT2D eigenvalue weighted by molar-refractivity contribution is 5.79. The molecule has 4 rings (SSSR count). The van der Waals surface area contributed by atoms with Crippen LogP contribution in [0.25, 0.3) is 0 Å². The van der Waals surface area contributed by atoms with E-state index in [4.69, 9.17) is 18.9 Å². The average Bonchev–Trinajstić information content (AvgIpc) is 3.59. The number of fused-ring (bicyclic) bond motifs is 1. The molecule has 2 aliphatic heterocycles. The molecule has 1 N–H and O–H groups in total. The topological polar surface area (TPSA) is 97.8 Å². The Balaban J connectivity index is 1.67. The number of quaternary nitrogens is 1. The van der Waals surface area contributed by atoms with Gasteiger partial charge in [0.05, 0.1) is 54.4 Å². The predicted octanol–water partition coefficient (Wildman–Crippen LogP) is 3.87. The number of nitrogens with zero attached hydrogens (tertiary/aromatic N) is 3. The Morgan fingerprint density at radius 1 is 1.05 bits per heavy atom. The number of likely N-dealkylation sites (tertiary alicyclic amines) is 1. The maximum absolute atomic E-state index is 13.9. The van der Waals surface area contributed by atoms with Crippen molar-refractivity contribution >= 4 is 11.9 Å². The average molecular weight is 599 g/mol. The molecule has 43 heavy (non-hydrogen) atoms. The molecular formula is C33H48N3O7+.